The Balaban J connectivity index is 1.58. The number of rotatable bonds is 7. The second-order valence-electron chi connectivity index (χ2n) is 6.45. The summed E-state index contributed by atoms with van der Waals surface area (Å²) in [5.41, 5.74) is 1.02. The van der Waals surface area contributed by atoms with E-state index in [4.69, 9.17) is 28.3 Å². The summed E-state index contributed by atoms with van der Waals surface area (Å²) in [5, 5.41) is 10.2. The molecule has 1 aromatic heterocycles. The van der Waals surface area contributed by atoms with Gasteiger partial charge in [-0.1, -0.05) is 29.3 Å². The zero-order valence-electron chi connectivity index (χ0n) is 14.5. The summed E-state index contributed by atoms with van der Waals surface area (Å²) < 4.78 is 0. The van der Waals surface area contributed by atoms with Gasteiger partial charge in [-0.2, -0.15) is 0 Å². The minimum Gasteiger partial charge on any atom is -0.477 e. The van der Waals surface area contributed by atoms with E-state index < -0.39 is 5.97 Å². The molecule has 142 valence electrons. The summed E-state index contributed by atoms with van der Waals surface area (Å²) in [6.45, 7) is 0.635. The Morgan fingerprint density at radius 3 is 2.67 bits per heavy atom. The van der Waals surface area contributed by atoms with E-state index in [2.05, 4.69) is 0 Å². The molecule has 27 heavy (non-hydrogen) atoms. The molecule has 1 aromatic carbocycles. The van der Waals surface area contributed by atoms with Gasteiger partial charge in [-0.3, -0.25) is 4.79 Å². The number of aromatic carboxylic acids is 1. The van der Waals surface area contributed by atoms with Crippen LogP contribution in [0, 0.1) is 0 Å². The number of carboxylic acids is 1. The second-order valence-corrected chi connectivity index (χ2v) is 8.44. The lowest BCUT2D eigenvalue weighted by atomic mass is 10.1. The zero-order chi connectivity index (χ0) is 19.4. The van der Waals surface area contributed by atoms with Gasteiger partial charge in [0.2, 0.25) is 5.91 Å². The first-order valence-electron chi connectivity index (χ1n) is 8.66. The molecule has 2 heterocycles. The van der Waals surface area contributed by atoms with Gasteiger partial charge in [0.15, 0.2) is 0 Å². The van der Waals surface area contributed by atoms with E-state index >= 15 is 0 Å². The number of nitrogens with zero attached hydrogens (tertiary/aromatic N) is 1. The van der Waals surface area contributed by atoms with Crippen LogP contribution in [0.4, 0.5) is 0 Å². The lowest BCUT2D eigenvalue weighted by molar-refractivity contribution is -0.128. The van der Waals surface area contributed by atoms with Crippen LogP contribution in [0.2, 0.25) is 10.0 Å². The first-order chi connectivity index (χ1) is 12.9. The normalized spacial score (nSPS) is 17.2. The average Bonchev–Trinajstić information content (AvgIpc) is 3.20. The van der Waals surface area contributed by atoms with Crippen molar-refractivity contribution in [2.45, 2.75) is 31.7 Å². The Labute approximate surface area is 172 Å². The van der Waals surface area contributed by atoms with Crippen LogP contribution in [0.5, 0.6) is 0 Å². The van der Waals surface area contributed by atoms with Gasteiger partial charge in [-0.15, -0.1) is 11.3 Å². The SMILES string of the molecule is O=C(O)c1ccc(/C=C/C[C@H]2CCC(=O)N2CCc2cc(Cl)cc(Cl)c2)s1. The first-order valence-corrected chi connectivity index (χ1v) is 10.2. The maximum absolute atomic E-state index is 12.2. The van der Waals surface area contributed by atoms with E-state index in [1.807, 2.05) is 29.2 Å². The Bertz CT molecular complexity index is 858. The number of likely N-dealkylation sites (tertiary alicyclic amines) is 1. The van der Waals surface area contributed by atoms with Crippen molar-refractivity contribution in [2.75, 3.05) is 6.54 Å². The minimum absolute atomic E-state index is 0.169. The number of carbonyl (C=O) groups excluding carboxylic acids is 1. The molecule has 0 saturated carbocycles. The highest BCUT2D eigenvalue weighted by molar-refractivity contribution is 7.14. The Kier molecular flexibility index (Phi) is 6.58. The third-order valence-corrected chi connectivity index (χ3v) is 6.02. The Morgan fingerprint density at radius 2 is 2.00 bits per heavy atom. The van der Waals surface area contributed by atoms with Gasteiger partial charge in [-0.25, -0.2) is 4.79 Å². The molecule has 1 fully saturated rings. The van der Waals surface area contributed by atoms with Gasteiger partial charge < -0.3 is 10.0 Å². The number of halogens is 2. The largest absolute Gasteiger partial charge is 0.477 e. The average molecular weight is 424 g/mol. The van der Waals surface area contributed by atoms with Gasteiger partial charge in [0.25, 0.3) is 0 Å². The van der Waals surface area contributed by atoms with Crippen molar-refractivity contribution in [3.05, 3.63) is 61.8 Å². The Hall–Kier alpha value is -1.82. The van der Waals surface area contributed by atoms with E-state index in [1.54, 1.807) is 18.2 Å². The molecule has 1 amide bonds. The maximum Gasteiger partial charge on any atom is 0.345 e. The van der Waals surface area contributed by atoms with Crippen LogP contribution in [0.1, 0.15) is 39.4 Å². The summed E-state index contributed by atoms with van der Waals surface area (Å²) >= 11 is 13.3. The fourth-order valence-electron chi connectivity index (χ4n) is 3.25. The lowest BCUT2D eigenvalue weighted by Gasteiger charge is -2.24. The number of amides is 1. The van der Waals surface area contributed by atoms with Crippen molar-refractivity contribution in [3.8, 4) is 0 Å². The molecule has 0 radical (unpaired) electrons. The molecule has 4 nitrogen and oxygen atoms in total. The molecule has 0 aliphatic carbocycles. The molecule has 0 spiro atoms. The standard InChI is InChI=1S/C20H19Cl2NO3S/c21-14-10-13(11-15(22)12-14)8-9-23-16(4-7-19(23)24)2-1-3-17-5-6-18(27-17)20(25)26/h1,3,5-6,10-12,16H,2,4,7-9H2,(H,25,26)/b3-1+/t16-/m0/s1. The number of thiophene rings is 1. The summed E-state index contributed by atoms with van der Waals surface area (Å²) in [4.78, 5) is 26.3. The zero-order valence-corrected chi connectivity index (χ0v) is 16.9. The van der Waals surface area contributed by atoms with Crippen molar-refractivity contribution in [1.82, 2.24) is 4.90 Å². The number of benzene rings is 1. The van der Waals surface area contributed by atoms with E-state index in [-0.39, 0.29) is 11.9 Å². The highest BCUT2D eigenvalue weighted by Gasteiger charge is 2.29. The van der Waals surface area contributed by atoms with Gasteiger partial charge in [0.05, 0.1) is 0 Å². The van der Waals surface area contributed by atoms with Crippen molar-refractivity contribution >= 4 is 52.5 Å². The van der Waals surface area contributed by atoms with Crippen molar-refractivity contribution in [2.24, 2.45) is 0 Å². The molecule has 1 atom stereocenters. The maximum atomic E-state index is 12.2. The first kappa shape index (κ1) is 19.9. The quantitative estimate of drug-likeness (QED) is 0.649. The van der Waals surface area contributed by atoms with Crippen LogP contribution in [0.25, 0.3) is 6.08 Å². The summed E-state index contributed by atoms with van der Waals surface area (Å²) in [7, 11) is 0. The molecule has 3 rings (SSSR count). The van der Waals surface area contributed by atoms with Gasteiger partial charge in [0, 0.05) is 33.9 Å². The fourth-order valence-corrected chi connectivity index (χ4v) is 4.60. The van der Waals surface area contributed by atoms with Crippen LogP contribution < -0.4 is 0 Å². The molecule has 0 bridgehead atoms. The van der Waals surface area contributed by atoms with Gasteiger partial charge in [0.1, 0.15) is 4.88 Å². The summed E-state index contributed by atoms with van der Waals surface area (Å²) in [6.07, 6.45) is 6.81. The van der Waals surface area contributed by atoms with Gasteiger partial charge >= 0.3 is 5.97 Å². The molecular weight excluding hydrogens is 405 g/mol. The van der Waals surface area contributed by atoms with E-state index in [0.717, 1.165) is 23.3 Å². The lowest BCUT2D eigenvalue weighted by Crippen LogP contribution is -2.34. The highest BCUT2D eigenvalue weighted by atomic mass is 35.5. The Morgan fingerprint density at radius 1 is 1.26 bits per heavy atom. The molecule has 1 aliphatic heterocycles. The molecule has 0 unspecified atom stereocenters. The van der Waals surface area contributed by atoms with Crippen molar-refractivity contribution < 1.29 is 14.7 Å². The molecule has 1 aliphatic rings. The van der Waals surface area contributed by atoms with E-state index in [1.165, 1.54) is 11.3 Å². The third kappa shape index (κ3) is 5.34. The smallest absolute Gasteiger partial charge is 0.345 e. The molecule has 7 heteroatoms. The highest BCUT2D eigenvalue weighted by Crippen LogP contribution is 2.25. The fraction of sp³-hybridized carbons (Fsp3) is 0.300. The van der Waals surface area contributed by atoms with Crippen LogP contribution in [-0.4, -0.2) is 34.5 Å². The number of hydrogen-bond donors (Lipinski definition) is 1. The van der Waals surface area contributed by atoms with Crippen molar-refractivity contribution in [1.29, 1.82) is 0 Å². The monoisotopic (exact) mass is 423 g/mol. The minimum atomic E-state index is -0.909. The molecule has 1 N–H and O–H groups in total. The predicted molar refractivity (Wildman–Crippen MR) is 110 cm³/mol. The topological polar surface area (TPSA) is 57.6 Å². The van der Waals surface area contributed by atoms with Gasteiger partial charge in [-0.05, 0) is 61.2 Å². The number of carbonyl (C=O) groups is 2. The molecule has 2 aromatic rings. The van der Waals surface area contributed by atoms with Crippen LogP contribution >= 0.6 is 34.5 Å². The number of hydrogen-bond acceptors (Lipinski definition) is 3. The summed E-state index contributed by atoms with van der Waals surface area (Å²) in [6, 6.07) is 9.02. The second kappa shape index (κ2) is 8.91. The van der Waals surface area contributed by atoms with Crippen LogP contribution in [0.15, 0.2) is 36.4 Å². The van der Waals surface area contributed by atoms with Crippen molar-refractivity contribution in [3.63, 3.8) is 0 Å². The third-order valence-electron chi connectivity index (χ3n) is 4.54. The van der Waals surface area contributed by atoms with E-state index in [9.17, 15) is 9.59 Å². The molecule has 1 saturated heterocycles. The van der Waals surface area contributed by atoms with E-state index in [0.29, 0.717) is 34.3 Å². The van der Waals surface area contributed by atoms with Crippen LogP contribution in [0.3, 0.4) is 0 Å². The summed E-state index contributed by atoms with van der Waals surface area (Å²) in [5.74, 6) is -0.737. The predicted octanol–water partition coefficient (Wildman–Crippen LogP) is 5.39. The number of carboxylic acid groups (broad SMARTS) is 1. The molecular formula is C20H19Cl2NO3S. The van der Waals surface area contributed by atoms with Crippen LogP contribution in [-0.2, 0) is 11.2 Å².